The van der Waals surface area contributed by atoms with Crippen LogP contribution in [-0.2, 0) is 34.1 Å². The maximum Gasteiger partial charge on any atom is 0.501 e. The van der Waals surface area contributed by atoms with Crippen LogP contribution >= 0.6 is 22.7 Å². The average Bonchev–Trinajstić information content (AvgIpc) is 3.38. The molecule has 2 N–H and O–H groups in total. The highest BCUT2D eigenvalue weighted by molar-refractivity contribution is 7.92. The number of sulfone groups is 1. The fourth-order valence-electron chi connectivity index (χ4n) is 2.78. The number of alkyl halides is 3. The minimum absolute atomic E-state index is 0.0132. The molecule has 0 radical (unpaired) electrons. The average molecular weight is 519 g/mol. The zero-order chi connectivity index (χ0) is 24.2. The van der Waals surface area contributed by atoms with E-state index in [1.54, 1.807) is 11.5 Å². The number of thiazole rings is 2. The number of halogens is 3. The number of hydrogen-bond donors (Lipinski definition) is 2. The highest BCUT2D eigenvalue weighted by Crippen LogP contribution is 2.33. The van der Waals surface area contributed by atoms with Crippen molar-refractivity contribution in [1.29, 1.82) is 0 Å². The molecule has 2 heterocycles. The van der Waals surface area contributed by atoms with Crippen LogP contribution in [0.2, 0.25) is 0 Å². The van der Waals surface area contributed by atoms with Gasteiger partial charge in [-0.3, -0.25) is 4.79 Å². The monoisotopic (exact) mass is 518 g/mol. The first-order valence-electron chi connectivity index (χ1n) is 9.30. The first-order chi connectivity index (χ1) is 15.5. The van der Waals surface area contributed by atoms with Crippen molar-refractivity contribution in [2.45, 2.75) is 29.9 Å². The van der Waals surface area contributed by atoms with Crippen LogP contribution in [0, 0.1) is 0 Å². The van der Waals surface area contributed by atoms with Crippen molar-refractivity contribution in [2.75, 3.05) is 6.61 Å². The summed E-state index contributed by atoms with van der Waals surface area (Å²) in [6.07, 6.45) is 3.00. The summed E-state index contributed by atoms with van der Waals surface area (Å²) in [5, 5.41) is 21.0. The van der Waals surface area contributed by atoms with E-state index >= 15 is 0 Å². The Morgan fingerprint density at radius 1 is 1.06 bits per heavy atom. The van der Waals surface area contributed by atoms with Crippen LogP contribution in [0.25, 0.3) is 16.6 Å². The number of Topliss-reactive ketones (excluding diaryl/α,β-unsaturated/α-hetero) is 1. The zero-order valence-electron chi connectivity index (χ0n) is 16.7. The lowest BCUT2D eigenvalue weighted by atomic mass is 10.1. The van der Waals surface area contributed by atoms with Gasteiger partial charge in [0, 0.05) is 11.8 Å². The lowest BCUT2D eigenvalue weighted by Gasteiger charge is -2.08. The molecule has 0 aliphatic carbocycles. The third kappa shape index (κ3) is 5.92. The second-order valence-electron chi connectivity index (χ2n) is 6.68. The van der Waals surface area contributed by atoms with E-state index in [-0.39, 0.29) is 31.8 Å². The number of aromatic nitrogens is 2. The van der Waals surface area contributed by atoms with Crippen LogP contribution in [-0.4, -0.2) is 46.5 Å². The van der Waals surface area contributed by atoms with Gasteiger partial charge in [0.25, 0.3) is 9.84 Å². The fourth-order valence-corrected chi connectivity index (χ4v) is 5.30. The standard InChI is InChI=1S/C20H17F3N2O5S3/c21-20(22,23)33(29,30)14-5-3-12(4-6-14)8-13(28)9-17-25-16(11-31-17)19-15(2-1-7-26)24-18(10-27)32-19/h1-6,11,26-27H,7-10H2/b2-1+. The van der Waals surface area contributed by atoms with E-state index in [0.29, 0.717) is 31.8 Å². The molecule has 0 amide bonds. The lowest BCUT2D eigenvalue weighted by Crippen LogP contribution is -2.23. The molecule has 0 aliphatic rings. The lowest BCUT2D eigenvalue weighted by molar-refractivity contribution is -0.117. The summed E-state index contributed by atoms with van der Waals surface area (Å²) in [7, 11) is -5.44. The predicted octanol–water partition coefficient (Wildman–Crippen LogP) is 3.41. The Balaban J connectivity index is 1.70. The van der Waals surface area contributed by atoms with E-state index in [1.807, 2.05) is 0 Å². The molecule has 0 fully saturated rings. The molecule has 33 heavy (non-hydrogen) atoms. The number of rotatable bonds is 9. The maximum absolute atomic E-state index is 12.6. The molecule has 0 unspecified atom stereocenters. The van der Waals surface area contributed by atoms with Crippen LogP contribution in [0.15, 0.2) is 40.6 Å². The van der Waals surface area contributed by atoms with Gasteiger partial charge in [-0.1, -0.05) is 18.2 Å². The molecule has 13 heteroatoms. The Bertz CT molecular complexity index is 1260. The Morgan fingerprint density at radius 3 is 2.36 bits per heavy atom. The van der Waals surface area contributed by atoms with Crippen molar-refractivity contribution in [1.82, 2.24) is 9.97 Å². The Hall–Kier alpha value is -2.45. The molecular weight excluding hydrogens is 501 g/mol. The third-order valence-electron chi connectivity index (χ3n) is 4.29. The number of aliphatic hydroxyl groups excluding tert-OH is 2. The molecule has 7 nitrogen and oxygen atoms in total. The fraction of sp³-hybridized carbons (Fsp3) is 0.250. The summed E-state index contributed by atoms with van der Waals surface area (Å²) in [5.41, 5.74) is -3.91. The summed E-state index contributed by atoms with van der Waals surface area (Å²) >= 11 is 2.49. The summed E-state index contributed by atoms with van der Waals surface area (Å²) < 4.78 is 60.7. The molecule has 0 aliphatic heterocycles. The van der Waals surface area contributed by atoms with E-state index in [1.165, 1.54) is 40.9 Å². The zero-order valence-corrected chi connectivity index (χ0v) is 19.2. The molecule has 176 valence electrons. The predicted molar refractivity (Wildman–Crippen MR) is 117 cm³/mol. The Morgan fingerprint density at radius 2 is 1.76 bits per heavy atom. The number of aliphatic hydroxyl groups is 2. The van der Waals surface area contributed by atoms with Gasteiger partial charge in [-0.15, -0.1) is 22.7 Å². The van der Waals surface area contributed by atoms with Gasteiger partial charge in [-0.25, -0.2) is 18.4 Å². The second kappa shape index (κ2) is 10.2. The number of nitrogens with zero attached hydrogens (tertiary/aromatic N) is 2. The molecular formula is C20H17F3N2O5S3. The van der Waals surface area contributed by atoms with E-state index in [9.17, 15) is 31.5 Å². The molecule has 0 atom stereocenters. The van der Waals surface area contributed by atoms with Crippen LogP contribution in [0.5, 0.6) is 0 Å². The van der Waals surface area contributed by atoms with Crippen LogP contribution in [0.1, 0.15) is 21.3 Å². The molecule has 0 saturated carbocycles. The Labute approximate surface area is 194 Å². The highest BCUT2D eigenvalue weighted by Gasteiger charge is 2.46. The summed E-state index contributed by atoms with van der Waals surface area (Å²) in [4.78, 5) is 20.9. The minimum atomic E-state index is -5.44. The molecule has 0 saturated heterocycles. The number of ketones is 1. The summed E-state index contributed by atoms with van der Waals surface area (Å²) in [6.45, 7) is -0.422. The van der Waals surface area contributed by atoms with Gasteiger partial charge in [-0.05, 0) is 23.8 Å². The van der Waals surface area contributed by atoms with Gasteiger partial charge in [0.15, 0.2) is 0 Å². The first kappa shape index (κ1) is 25.2. The number of carbonyl (C=O) groups excluding carboxylic acids is 1. The largest absolute Gasteiger partial charge is 0.501 e. The van der Waals surface area contributed by atoms with E-state index in [4.69, 9.17) is 5.11 Å². The minimum Gasteiger partial charge on any atom is -0.392 e. The van der Waals surface area contributed by atoms with Gasteiger partial charge in [-0.2, -0.15) is 13.2 Å². The summed E-state index contributed by atoms with van der Waals surface area (Å²) in [6, 6.07) is 4.02. The van der Waals surface area contributed by atoms with Crippen LogP contribution in [0.3, 0.4) is 0 Å². The molecule has 3 rings (SSSR count). The van der Waals surface area contributed by atoms with E-state index in [0.717, 1.165) is 12.1 Å². The van der Waals surface area contributed by atoms with Crippen LogP contribution in [0.4, 0.5) is 13.2 Å². The summed E-state index contributed by atoms with van der Waals surface area (Å²) in [5.74, 6) is -0.247. The molecule has 0 spiro atoms. The van der Waals surface area contributed by atoms with Crippen molar-refractivity contribution >= 4 is 44.4 Å². The van der Waals surface area contributed by atoms with Gasteiger partial charge in [0.1, 0.15) is 15.8 Å². The molecule has 1 aromatic carbocycles. The molecule has 2 aromatic heterocycles. The van der Waals surface area contributed by atoms with Gasteiger partial charge < -0.3 is 10.2 Å². The van der Waals surface area contributed by atoms with Crippen molar-refractivity contribution in [3.8, 4) is 10.6 Å². The highest BCUT2D eigenvalue weighted by atomic mass is 32.2. The van der Waals surface area contributed by atoms with Crippen molar-refractivity contribution in [2.24, 2.45) is 0 Å². The maximum atomic E-state index is 12.6. The second-order valence-corrected chi connectivity index (χ2v) is 10.6. The van der Waals surface area contributed by atoms with E-state index < -0.39 is 20.2 Å². The molecule has 0 bridgehead atoms. The Kier molecular flexibility index (Phi) is 7.80. The third-order valence-corrected chi connectivity index (χ3v) is 7.72. The number of benzene rings is 1. The van der Waals surface area contributed by atoms with Gasteiger partial charge in [0.2, 0.25) is 0 Å². The van der Waals surface area contributed by atoms with Crippen LogP contribution < -0.4 is 0 Å². The van der Waals surface area contributed by atoms with Crippen molar-refractivity contribution in [3.63, 3.8) is 0 Å². The first-order valence-corrected chi connectivity index (χ1v) is 12.5. The van der Waals surface area contributed by atoms with E-state index in [2.05, 4.69) is 9.97 Å². The quantitative estimate of drug-likeness (QED) is 0.446. The SMILES string of the molecule is O=C(Cc1ccc(S(=O)(=O)C(F)(F)F)cc1)Cc1nc(-c2sc(CO)nc2/C=C/CO)cs1. The van der Waals surface area contributed by atoms with Gasteiger partial charge in [0.05, 0.1) is 40.8 Å². The number of carbonyl (C=O) groups is 1. The molecule has 3 aromatic rings. The normalized spacial score (nSPS) is 12.5. The smallest absolute Gasteiger partial charge is 0.392 e. The number of hydrogen-bond acceptors (Lipinski definition) is 9. The van der Waals surface area contributed by atoms with Crippen molar-refractivity contribution < 1.29 is 36.6 Å². The van der Waals surface area contributed by atoms with Gasteiger partial charge >= 0.3 is 5.51 Å². The van der Waals surface area contributed by atoms with Crippen molar-refractivity contribution in [3.05, 3.63) is 57.0 Å². The topological polar surface area (TPSA) is 117 Å².